The van der Waals surface area contributed by atoms with E-state index in [4.69, 9.17) is 32.7 Å². The Morgan fingerprint density at radius 2 is 0.979 bits per heavy atom. The number of hydrogen-bond donors (Lipinski definition) is 0. The van der Waals surface area contributed by atoms with Gasteiger partial charge < -0.3 is 9.47 Å². The van der Waals surface area contributed by atoms with Crippen LogP contribution in [0.4, 0.5) is 22.7 Å². The third-order valence-corrected chi connectivity index (χ3v) is 7.99. The SMILES string of the molecule is COc1ccc(C(C)(C)c2ccc(OCc3cc([N+](=O)[O-])c(CCl)c([N+](=O)[O-])c3)cc2)cc1.Cc1cc([N+](=O)[O-])c(CCl)c([N+](=O)[O-])c1. The molecule has 0 aliphatic rings. The first-order valence-corrected chi connectivity index (χ1v) is 15.1. The Morgan fingerprint density at radius 3 is 1.31 bits per heavy atom. The molecule has 4 aromatic carbocycles. The molecule has 16 heteroatoms. The summed E-state index contributed by atoms with van der Waals surface area (Å²) < 4.78 is 11.0. The highest BCUT2D eigenvalue weighted by Crippen LogP contribution is 2.35. The Bertz CT molecular complexity index is 1760. The van der Waals surface area contributed by atoms with Gasteiger partial charge in [0, 0.05) is 35.2 Å². The van der Waals surface area contributed by atoms with Crippen LogP contribution in [0, 0.1) is 47.4 Å². The molecule has 0 amide bonds. The first kappa shape index (κ1) is 37.1. The third-order valence-electron chi connectivity index (χ3n) is 7.46. The molecule has 48 heavy (non-hydrogen) atoms. The van der Waals surface area contributed by atoms with Crippen LogP contribution in [-0.4, -0.2) is 26.8 Å². The third kappa shape index (κ3) is 8.72. The normalized spacial score (nSPS) is 10.8. The molecular formula is C32H30Cl2N4O10. The Balaban J connectivity index is 0.000000348. The van der Waals surface area contributed by atoms with E-state index in [0.29, 0.717) is 16.9 Å². The van der Waals surface area contributed by atoms with Crippen LogP contribution in [0.2, 0.25) is 0 Å². The number of aryl methyl sites for hydroxylation is 1. The maximum Gasteiger partial charge on any atom is 0.281 e. The van der Waals surface area contributed by atoms with Crippen molar-refractivity contribution in [1.82, 2.24) is 0 Å². The number of ether oxygens (including phenoxy) is 2. The topological polar surface area (TPSA) is 191 Å². The Kier molecular flexibility index (Phi) is 12.4. The highest BCUT2D eigenvalue weighted by molar-refractivity contribution is 6.18. The van der Waals surface area contributed by atoms with Crippen molar-refractivity contribution in [1.29, 1.82) is 0 Å². The lowest BCUT2D eigenvalue weighted by Crippen LogP contribution is -2.18. The van der Waals surface area contributed by atoms with Crippen molar-refractivity contribution >= 4 is 46.0 Å². The fourth-order valence-corrected chi connectivity index (χ4v) is 5.34. The number of hydrogen-bond acceptors (Lipinski definition) is 10. The van der Waals surface area contributed by atoms with E-state index in [9.17, 15) is 40.5 Å². The molecule has 0 fully saturated rings. The smallest absolute Gasteiger partial charge is 0.281 e. The minimum absolute atomic E-state index is 0.0581. The predicted octanol–water partition coefficient (Wildman–Crippen LogP) is 8.71. The summed E-state index contributed by atoms with van der Waals surface area (Å²) in [6, 6.07) is 20.4. The summed E-state index contributed by atoms with van der Waals surface area (Å²) in [4.78, 5) is 41.3. The fraction of sp³-hybridized carbons (Fsp3) is 0.250. The lowest BCUT2D eigenvalue weighted by Gasteiger charge is -2.26. The second-order valence-corrected chi connectivity index (χ2v) is 11.4. The van der Waals surface area contributed by atoms with E-state index in [1.807, 2.05) is 36.4 Å². The van der Waals surface area contributed by atoms with Crippen LogP contribution < -0.4 is 9.47 Å². The van der Waals surface area contributed by atoms with Gasteiger partial charge in [0.2, 0.25) is 0 Å². The van der Waals surface area contributed by atoms with Crippen LogP contribution in [0.15, 0.2) is 72.8 Å². The molecule has 0 N–H and O–H groups in total. The number of nitrogens with zero attached hydrogens (tertiary/aromatic N) is 4. The predicted molar refractivity (Wildman–Crippen MR) is 179 cm³/mol. The van der Waals surface area contributed by atoms with Gasteiger partial charge in [0.25, 0.3) is 22.7 Å². The van der Waals surface area contributed by atoms with Crippen LogP contribution in [0.1, 0.15) is 47.2 Å². The molecule has 0 saturated carbocycles. The number of methoxy groups -OCH3 is 1. The number of alkyl halides is 2. The van der Waals surface area contributed by atoms with Crippen molar-refractivity contribution < 1.29 is 29.2 Å². The van der Waals surface area contributed by atoms with Crippen LogP contribution in [0.25, 0.3) is 0 Å². The standard InChI is InChI=1S/C24H23ClN2O6.C8H7ClN2O4/c1-24(2,17-4-8-19(32-3)9-5-17)18-6-10-20(11-7-18)33-15-16-12-22(26(28)29)21(14-25)23(13-16)27(30)31;1-5-2-7(10(12)13)6(4-9)8(3-5)11(14)15/h4-13H,14-15H2,1-3H3;2-3H,4H2,1H3. The van der Waals surface area contributed by atoms with E-state index in [0.717, 1.165) is 16.9 Å². The maximum absolute atomic E-state index is 11.3. The van der Waals surface area contributed by atoms with E-state index in [-0.39, 0.29) is 46.3 Å². The maximum atomic E-state index is 11.3. The molecule has 0 radical (unpaired) electrons. The zero-order valence-electron chi connectivity index (χ0n) is 26.2. The monoisotopic (exact) mass is 700 g/mol. The van der Waals surface area contributed by atoms with Gasteiger partial charge in [-0.3, -0.25) is 40.5 Å². The summed E-state index contributed by atoms with van der Waals surface area (Å²) in [5, 5.41) is 43.9. The molecule has 0 aliphatic heterocycles. The van der Waals surface area contributed by atoms with Gasteiger partial charge in [-0.05, 0) is 47.9 Å². The van der Waals surface area contributed by atoms with Crippen LogP contribution in [0.5, 0.6) is 11.5 Å². The number of benzene rings is 4. The van der Waals surface area contributed by atoms with Gasteiger partial charge in [0.1, 0.15) is 29.2 Å². The first-order valence-electron chi connectivity index (χ1n) is 14.0. The molecule has 0 unspecified atom stereocenters. The molecule has 0 bridgehead atoms. The van der Waals surface area contributed by atoms with Gasteiger partial charge in [0.15, 0.2) is 0 Å². The van der Waals surface area contributed by atoms with Crippen molar-refractivity contribution in [2.24, 2.45) is 0 Å². The molecule has 4 rings (SSSR count). The van der Waals surface area contributed by atoms with Gasteiger partial charge in [-0.1, -0.05) is 38.1 Å². The van der Waals surface area contributed by atoms with E-state index < -0.39 is 31.1 Å². The molecule has 0 aliphatic carbocycles. The van der Waals surface area contributed by atoms with Crippen molar-refractivity contribution in [3.05, 3.63) is 147 Å². The molecule has 0 spiro atoms. The van der Waals surface area contributed by atoms with Gasteiger partial charge >= 0.3 is 0 Å². The fourth-order valence-electron chi connectivity index (χ4n) is 4.79. The van der Waals surface area contributed by atoms with E-state index >= 15 is 0 Å². The number of rotatable bonds is 12. The largest absolute Gasteiger partial charge is 0.497 e. The lowest BCUT2D eigenvalue weighted by molar-refractivity contribution is -0.395. The quantitative estimate of drug-likeness (QED) is 0.0784. The summed E-state index contributed by atoms with van der Waals surface area (Å²) in [6.45, 7) is 5.71. The van der Waals surface area contributed by atoms with Crippen LogP contribution >= 0.6 is 23.2 Å². The van der Waals surface area contributed by atoms with Crippen molar-refractivity contribution in [3.8, 4) is 11.5 Å². The second-order valence-electron chi connectivity index (χ2n) is 10.9. The minimum Gasteiger partial charge on any atom is -0.497 e. The van der Waals surface area contributed by atoms with Gasteiger partial charge in [-0.15, -0.1) is 23.2 Å². The van der Waals surface area contributed by atoms with Crippen molar-refractivity contribution in [2.75, 3.05) is 7.11 Å². The van der Waals surface area contributed by atoms with Gasteiger partial charge in [-0.2, -0.15) is 0 Å². The van der Waals surface area contributed by atoms with Crippen LogP contribution in [-0.2, 0) is 23.8 Å². The highest BCUT2D eigenvalue weighted by Gasteiger charge is 2.27. The van der Waals surface area contributed by atoms with Crippen molar-refractivity contribution in [2.45, 2.75) is 44.6 Å². The molecule has 14 nitrogen and oxygen atoms in total. The summed E-state index contributed by atoms with van der Waals surface area (Å²) in [5.41, 5.74) is 1.11. The number of nitro benzene ring substituents is 4. The Hall–Kier alpha value is -5.34. The summed E-state index contributed by atoms with van der Waals surface area (Å²) in [6.07, 6.45) is 0. The first-order chi connectivity index (χ1) is 22.6. The molecule has 4 aromatic rings. The molecular weight excluding hydrogens is 671 g/mol. The second kappa shape index (κ2) is 16.0. The summed E-state index contributed by atoms with van der Waals surface area (Å²) in [7, 11) is 1.63. The van der Waals surface area contributed by atoms with Gasteiger partial charge in [-0.25, -0.2) is 0 Å². The Morgan fingerprint density at radius 1 is 0.625 bits per heavy atom. The summed E-state index contributed by atoms with van der Waals surface area (Å²) >= 11 is 11.2. The zero-order chi connectivity index (χ0) is 35.8. The highest BCUT2D eigenvalue weighted by atomic mass is 35.5. The minimum atomic E-state index is -0.676. The molecule has 0 saturated heterocycles. The zero-order valence-corrected chi connectivity index (χ0v) is 27.7. The molecule has 252 valence electrons. The Labute approximate surface area is 284 Å². The summed E-state index contributed by atoms with van der Waals surface area (Å²) in [5.74, 6) is 0.736. The van der Waals surface area contributed by atoms with Gasteiger partial charge in [0.05, 0.1) is 38.6 Å². The average Bonchev–Trinajstić information content (AvgIpc) is 3.06. The van der Waals surface area contributed by atoms with E-state index in [1.165, 1.54) is 24.3 Å². The average molecular weight is 702 g/mol. The van der Waals surface area contributed by atoms with Crippen molar-refractivity contribution in [3.63, 3.8) is 0 Å². The van der Waals surface area contributed by atoms with E-state index in [2.05, 4.69) is 13.8 Å². The molecule has 0 heterocycles. The van der Waals surface area contributed by atoms with E-state index in [1.54, 1.807) is 26.2 Å². The number of nitro groups is 4. The number of halogens is 2. The molecule has 0 aromatic heterocycles. The lowest BCUT2D eigenvalue weighted by atomic mass is 9.78. The van der Waals surface area contributed by atoms with Crippen LogP contribution in [0.3, 0.4) is 0 Å². The molecule has 0 atom stereocenters.